The number of nitro groups is 1. The molecule has 9 heteroatoms. The summed E-state index contributed by atoms with van der Waals surface area (Å²) in [5, 5.41) is 22.8. The SMILES string of the molecule is Cn1c2ccccc2c2c1cc(/C(N)=[NH+]/O)c(=O)n2-c1ccc([N+](=O)[O-])cc1. The summed E-state index contributed by atoms with van der Waals surface area (Å²) in [5.41, 5.74) is 8.04. The number of aryl methyl sites for hydroxylation is 1. The van der Waals surface area contributed by atoms with E-state index in [2.05, 4.69) is 0 Å². The third-order valence-corrected chi connectivity index (χ3v) is 4.79. The van der Waals surface area contributed by atoms with Crippen LogP contribution in [-0.2, 0) is 7.05 Å². The maximum absolute atomic E-state index is 13.2. The Morgan fingerprint density at radius 1 is 1.14 bits per heavy atom. The van der Waals surface area contributed by atoms with E-state index in [1.807, 2.05) is 41.0 Å². The lowest BCUT2D eigenvalue weighted by Crippen LogP contribution is -2.72. The van der Waals surface area contributed by atoms with Crippen molar-refractivity contribution < 1.29 is 15.3 Å². The molecular formula is C19H16N5O4+. The predicted molar refractivity (Wildman–Crippen MR) is 104 cm³/mol. The van der Waals surface area contributed by atoms with E-state index in [1.165, 1.54) is 28.8 Å². The molecule has 4 rings (SSSR count). The van der Waals surface area contributed by atoms with Gasteiger partial charge in [0.25, 0.3) is 11.2 Å². The van der Waals surface area contributed by atoms with Gasteiger partial charge in [-0.2, -0.15) is 0 Å². The minimum Gasteiger partial charge on any atom is -0.357 e. The van der Waals surface area contributed by atoms with Crippen molar-refractivity contribution in [3.05, 3.63) is 80.6 Å². The molecule has 28 heavy (non-hydrogen) atoms. The predicted octanol–water partition coefficient (Wildman–Crippen LogP) is 0.566. The molecular weight excluding hydrogens is 362 g/mol. The van der Waals surface area contributed by atoms with E-state index in [-0.39, 0.29) is 17.1 Å². The fourth-order valence-corrected chi connectivity index (χ4v) is 3.44. The largest absolute Gasteiger partial charge is 0.357 e. The number of nitrogen functional groups attached to an aromatic ring is 1. The first-order chi connectivity index (χ1) is 13.4. The Kier molecular flexibility index (Phi) is 3.85. The lowest BCUT2D eigenvalue weighted by molar-refractivity contribution is -0.737. The fourth-order valence-electron chi connectivity index (χ4n) is 3.44. The fraction of sp³-hybridized carbons (Fsp3) is 0.0526. The van der Waals surface area contributed by atoms with Crippen LogP contribution in [0.5, 0.6) is 0 Å². The maximum Gasteiger partial charge on any atom is 0.317 e. The van der Waals surface area contributed by atoms with E-state index >= 15 is 0 Å². The van der Waals surface area contributed by atoms with Crippen LogP contribution >= 0.6 is 0 Å². The smallest absolute Gasteiger partial charge is 0.317 e. The molecule has 140 valence electrons. The molecule has 9 nitrogen and oxygen atoms in total. The molecule has 4 N–H and O–H groups in total. The molecule has 0 bridgehead atoms. The van der Waals surface area contributed by atoms with Gasteiger partial charge >= 0.3 is 5.84 Å². The molecule has 2 heterocycles. The summed E-state index contributed by atoms with van der Waals surface area (Å²) in [4.78, 5) is 23.7. The van der Waals surface area contributed by atoms with Crippen molar-refractivity contribution in [1.82, 2.24) is 9.13 Å². The summed E-state index contributed by atoms with van der Waals surface area (Å²) >= 11 is 0. The highest BCUT2D eigenvalue weighted by Crippen LogP contribution is 2.29. The van der Waals surface area contributed by atoms with Crippen molar-refractivity contribution in [3.63, 3.8) is 0 Å². The Bertz CT molecular complexity index is 1330. The summed E-state index contributed by atoms with van der Waals surface area (Å²) in [7, 11) is 1.86. The van der Waals surface area contributed by atoms with Gasteiger partial charge in [0.15, 0.2) is 0 Å². The van der Waals surface area contributed by atoms with Crippen LogP contribution in [0.2, 0.25) is 0 Å². The Hall–Kier alpha value is -4.14. The number of fused-ring (bicyclic) bond motifs is 3. The molecule has 0 saturated heterocycles. The molecule has 0 aliphatic carbocycles. The third kappa shape index (κ3) is 2.41. The number of hydrogen-bond acceptors (Lipinski definition) is 4. The highest BCUT2D eigenvalue weighted by atomic mass is 16.6. The second-order valence-corrected chi connectivity index (χ2v) is 6.31. The maximum atomic E-state index is 13.2. The van der Waals surface area contributed by atoms with Crippen molar-refractivity contribution in [1.29, 1.82) is 0 Å². The number of rotatable bonds is 3. The van der Waals surface area contributed by atoms with Crippen molar-refractivity contribution in [3.8, 4) is 5.69 Å². The molecule has 4 aromatic rings. The van der Waals surface area contributed by atoms with E-state index in [1.54, 1.807) is 6.07 Å². The second-order valence-electron chi connectivity index (χ2n) is 6.31. The standard InChI is InChI=1S/C19H15N5O4/c1-22-15-5-3-2-4-13(15)17-16(22)10-14(18(20)21-26)19(25)23(17)11-6-8-12(9-7-11)24(27)28/h2-10,26H,1H3,(H2,20,21)/p+1. The summed E-state index contributed by atoms with van der Waals surface area (Å²) in [5.74, 6) is -0.187. The highest BCUT2D eigenvalue weighted by molar-refractivity contribution is 6.08. The van der Waals surface area contributed by atoms with Gasteiger partial charge in [0, 0.05) is 30.3 Å². The number of para-hydroxylation sites is 1. The van der Waals surface area contributed by atoms with E-state index in [0.717, 1.165) is 10.9 Å². The monoisotopic (exact) mass is 378 g/mol. The summed E-state index contributed by atoms with van der Waals surface area (Å²) in [6, 6.07) is 14.9. The van der Waals surface area contributed by atoms with Crippen LogP contribution < -0.4 is 16.4 Å². The zero-order chi connectivity index (χ0) is 20.0. The Morgan fingerprint density at radius 2 is 1.82 bits per heavy atom. The van der Waals surface area contributed by atoms with E-state index in [4.69, 9.17) is 5.73 Å². The lowest BCUT2D eigenvalue weighted by atomic mass is 10.1. The van der Waals surface area contributed by atoms with Gasteiger partial charge in [-0.25, -0.2) is 0 Å². The second kappa shape index (κ2) is 6.23. The zero-order valence-electron chi connectivity index (χ0n) is 14.8. The number of nitrogens with two attached hydrogens (primary N) is 1. The van der Waals surface area contributed by atoms with Gasteiger partial charge in [-0.1, -0.05) is 23.4 Å². The number of nitrogens with zero attached hydrogens (tertiary/aromatic N) is 3. The number of aromatic nitrogens is 2. The number of benzene rings is 2. The summed E-state index contributed by atoms with van der Waals surface area (Å²) in [6.45, 7) is 0. The van der Waals surface area contributed by atoms with Crippen LogP contribution in [0.15, 0.2) is 59.4 Å². The molecule has 0 atom stereocenters. The third-order valence-electron chi connectivity index (χ3n) is 4.79. The number of amidine groups is 1. The van der Waals surface area contributed by atoms with Crippen molar-refractivity contribution in [2.24, 2.45) is 12.8 Å². The minimum atomic E-state index is -0.502. The molecule has 0 spiro atoms. The van der Waals surface area contributed by atoms with Gasteiger partial charge in [-0.3, -0.25) is 25.2 Å². The molecule has 0 aliphatic heterocycles. The van der Waals surface area contributed by atoms with Gasteiger partial charge < -0.3 is 9.77 Å². The average Bonchev–Trinajstić information content (AvgIpc) is 2.99. The molecule has 2 aromatic carbocycles. The molecule has 0 radical (unpaired) electrons. The first kappa shape index (κ1) is 17.3. The number of hydrogen-bond donors (Lipinski definition) is 3. The number of non-ortho nitro benzene ring substituents is 1. The molecule has 0 aliphatic rings. The molecule has 0 unspecified atom stereocenters. The van der Waals surface area contributed by atoms with Gasteiger partial charge in [0.05, 0.1) is 21.5 Å². The van der Waals surface area contributed by atoms with Crippen molar-refractivity contribution >= 4 is 33.5 Å². The lowest BCUT2D eigenvalue weighted by Gasteiger charge is -2.10. The Labute approximate surface area is 157 Å². The molecule has 0 saturated carbocycles. The van der Waals surface area contributed by atoms with Gasteiger partial charge in [-0.05, 0) is 24.3 Å². The van der Waals surface area contributed by atoms with Crippen molar-refractivity contribution in [2.75, 3.05) is 0 Å². The van der Waals surface area contributed by atoms with Crippen LogP contribution in [-0.4, -0.2) is 25.1 Å². The van der Waals surface area contributed by atoms with Crippen LogP contribution in [0.1, 0.15) is 5.56 Å². The molecule has 0 amide bonds. The van der Waals surface area contributed by atoms with Gasteiger partial charge in [0.2, 0.25) is 0 Å². The van der Waals surface area contributed by atoms with Crippen LogP contribution in [0, 0.1) is 10.1 Å². The first-order valence-corrected chi connectivity index (χ1v) is 8.35. The van der Waals surface area contributed by atoms with Crippen LogP contribution in [0.3, 0.4) is 0 Å². The van der Waals surface area contributed by atoms with E-state index in [0.29, 0.717) is 16.7 Å². The van der Waals surface area contributed by atoms with E-state index < -0.39 is 10.5 Å². The molecule has 2 aromatic heterocycles. The van der Waals surface area contributed by atoms with Gasteiger partial charge in [-0.15, -0.1) is 0 Å². The van der Waals surface area contributed by atoms with Crippen LogP contribution in [0.4, 0.5) is 5.69 Å². The topological polar surface area (TPSA) is 130 Å². The Balaban J connectivity index is 2.19. The number of nitrogens with one attached hydrogen (secondary N) is 1. The van der Waals surface area contributed by atoms with Crippen molar-refractivity contribution in [2.45, 2.75) is 0 Å². The van der Waals surface area contributed by atoms with Gasteiger partial charge in [0.1, 0.15) is 5.56 Å². The van der Waals surface area contributed by atoms with Crippen LogP contribution in [0.25, 0.3) is 27.6 Å². The zero-order valence-corrected chi connectivity index (χ0v) is 14.8. The van der Waals surface area contributed by atoms with E-state index in [9.17, 15) is 20.1 Å². The normalized spacial score (nSPS) is 12.0. The average molecular weight is 378 g/mol. The number of nitro benzene ring substituents is 1. The highest BCUT2D eigenvalue weighted by Gasteiger charge is 2.21. The number of pyridine rings is 1. The first-order valence-electron chi connectivity index (χ1n) is 8.35. The molecule has 0 fully saturated rings. The summed E-state index contributed by atoms with van der Waals surface area (Å²) in [6.07, 6.45) is 0. The minimum absolute atomic E-state index is 0.0785. The summed E-state index contributed by atoms with van der Waals surface area (Å²) < 4.78 is 3.36. The Morgan fingerprint density at radius 3 is 2.46 bits per heavy atom. The quantitative estimate of drug-likeness (QED) is 0.158.